The molecule has 0 saturated carbocycles. The first-order valence-electron chi connectivity index (χ1n) is 20.6. The zero-order valence-electron chi connectivity index (χ0n) is 33.9. The summed E-state index contributed by atoms with van der Waals surface area (Å²) in [6.45, 7) is 8.65. The molecule has 14 atom stereocenters. The summed E-state index contributed by atoms with van der Waals surface area (Å²) in [6, 6.07) is 5.64. The molecule has 4 saturated heterocycles. The van der Waals surface area contributed by atoms with Crippen LogP contribution in [0.5, 0.6) is 11.5 Å². The predicted octanol–water partition coefficient (Wildman–Crippen LogP) is 3.94. The summed E-state index contributed by atoms with van der Waals surface area (Å²) in [5, 5.41) is 64.1. The lowest BCUT2D eigenvalue weighted by atomic mass is 9.79. The molecular formula is C43H56O16. The van der Waals surface area contributed by atoms with Crippen molar-refractivity contribution in [2.45, 2.75) is 178 Å². The van der Waals surface area contributed by atoms with Crippen LogP contribution in [0.3, 0.4) is 0 Å². The number of fused-ring (bicyclic) bond motifs is 2. The molecule has 0 aromatic heterocycles. The number of aliphatic hydroxyl groups is 3. The van der Waals surface area contributed by atoms with Crippen molar-refractivity contribution >= 4 is 17.5 Å². The maximum absolute atomic E-state index is 14.0. The molecule has 5 aliphatic rings. The van der Waals surface area contributed by atoms with Crippen molar-refractivity contribution in [3.63, 3.8) is 0 Å². The lowest BCUT2D eigenvalue weighted by Crippen LogP contribution is -2.49. The summed E-state index contributed by atoms with van der Waals surface area (Å²) < 4.78 is 42.4. The summed E-state index contributed by atoms with van der Waals surface area (Å²) in [4.78, 5) is 40.2. The smallest absolute Gasteiger partial charge is 0.306 e. The van der Waals surface area contributed by atoms with Crippen molar-refractivity contribution in [2.75, 3.05) is 0 Å². The van der Waals surface area contributed by atoms with Gasteiger partial charge in [-0.3, -0.25) is 14.4 Å². The summed E-state index contributed by atoms with van der Waals surface area (Å²) in [7, 11) is 0. The van der Waals surface area contributed by atoms with Crippen LogP contribution >= 0.6 is 0 Å². The van der Waals surface area contributed by atoms with Crippen LogP contribution < -0.4 is 0 Å². The third kappa shape index (κ3) is 9.08. The van der Waals surface area contributed by atoms with E-state index in [2.05, 4.69) is 0 Å². The number of aromatic hydroxyl groups is 2. The average Bonchev–Trinajstić information content (AvgIpc) is 3.16. The number of hydrogen-bond acceptors (Lipinski definition) is 15. The Morgan fingerprint density at radius 2 is 1.25 bits per heavy atom. The number of rotatable bonds is 11. The van der Waals surface area contributed by atoms with Crippen LogP contribution in [0.1, 0.15) is 135 Å². The Morgan fingerprint density at radius 3 is 1.83 bits per heavy atom. The molecule has 16 heteroatoms. The third-order valence-electron chi connectivity index (χ3n) is 12.4. The molecule has 324 valence electrons. The van der Waals surface area contributed by atoms with E-state index in [-0.39, 0.29) is 58.4 Å². The molecule has 0 radical (unpaired) electrons. The summed E-state index contributed by atoms with van der Waals surface area (Å²) in [5.41, 5.74) is -1.86. The van der Waals surface area contributed by atoms with E-state index in [0.717, 1.165) is 0 Å². The van der Waals surface area contributed by atoms with Crippen molar-refractivity contribution in [1.29, 1.82) is 0 Å². The predicted molar refractivity (Wildman–Crippen MR) is 205 cm³/mol. The second-order valence-corrected chi connectivity index (χ2v) is 17.0. The largest absolute Gasteiger partial charge is 0.507 e. The van der Waals surface area contributed by atoms with E-state index < -0.39 is 109 Å². The molecule has 7 rings (SSSR count). The molecule has 4 aliphatic heterocycles. The molecule has 2 aromatic rings. The second kappa shape index (κ2) is 17.4. The molecule has 4 fully saturated rings. The van der Waals surface area contributed by atoms with Crippen LogP contribution in [0.15, 0.2) is 24.3 Å². The van der Waals surface area contributed by atoms with Crippen molar-refractivity contribution in [3.8, 4) is 11.5 Å². The lowest BCUT2D eigenvalue weighted by Gasteiger charge is -2.41. The number of phenols is 2. The Kier molecular flexibility index (Phi) is 12.9. The lowest BCUT2D eigenvalue weighted by molar-refractivity contribution is -0.295. The van der Waals surface area contributed by atoms with E-state index in [9.17, 15) is 45.0 Å². The Bertz CT molecular complexity index is 1890. The summed E-state index contributed by atoms with van der Waals surface area (Å²) >= 11 is 0. The number of phenolic OH excluding ortho intramolecular Hbond substituents is 2. The topological polar surface area (TPSA) is 237 Å². The van der Waals surface area contributed by atoms with Gasteiger partial charge in [-0.2, -0.15) is 0 Å². The molecular weight excluding hydrogens is 772 g/mol. The molecule has 0 bridgehead atoms. The number of ether oxygens (including phenoxy) is 7. The first-order valence-corrected chi connectivity index (χ1v) is 20.6. The minimum atomic E-state index is -1.42. The zero-order chi connectivity index (χ0) is 42.5. The summed E-state index contributed by atoms with van der Waals surface area (Å²) in [5.74, 6) is -3.56. The van der Waals surface area contributed by atoms with E-state index in [4.69, 9.17) is 33.2 Å². The third-order valence-corrected chi connectivity index (χ3v) is 12.4. The molecule has 1 aliphatic carbocycles. The number of aliphatic carboxylic acids is 1. The number of carbonyl (C=O) groups is 3. The maximum Gasteiger partial charge on any atom is 0.306 e. The van der Waals surface area contributed by atoms with Gasteiger partial charge in [0.05, 0.1) is 78.1 Å². The van der Waals surface area contributed by atoms with Gasteiger partial charge in [-0.1, -0.05) is 12.1 Å². The van der Waals surface area contributed by atoms with Crippen LogP contribution in [0.2, 0.25) is 0 Å². The monoisotopic (exact) mass is 828 g/mol. The van der Waals surface area contributed by atoms with Crippen molar-refractivity contribution in [2.24, 2.45) is 0 Å². The number of carboxylic acid groups (broad SMARTS) is 1. The molecule has 0 amide bonds. The number of aliphatic hydroxyl groups excluding tert-OH is 3. The van der Waals surface area contributed by atoms with Crippen LogP contribution in [-0.4, -0.2) is 128 Å². The Labute approximate surface area is 342 Å². The molecule has 59 heavy (non-hydrogen) atoms. The molecule has 16 nitrogen and oxygen atoms in total. The van der Waals surface area contributed by atoms with Gasteiger partial charge in [-0.15, -0.1) is 0 Å². The Hall–Kier alpha value is -3.55. The fourth-order valence-corrected chi connectivity index (χ4v) is 9.04. The first kappa shape index (κ1) is 43.5. The van der Waals surface area contributed by atoms with Gasteiger partial charge >= 0.3 is 5.97 Å². The highest BCUT2D eigenvalue weighted by Crippen LogP contribution is 2.45. The minimum absolute atomic E-state index is 0.00596. The van der Waals surface area contributed by atoms with E-state index in [1.165, 1.54) is 24.3 Å². The SMILES string of the molecule is C[C@@H]1O[C@@H](O[C@@H]2[C@H](O)C[C@H](c3ccc4c(c3O)C(=O)c3ccc(C[C@](C)(CC(=O)O)O[C@H]5CC[C@H](O[C@H]6CC[C@@H](O)[C@H](C)O6)[C@H](C)O5)c(O)c3C4=O)O[C@@H]2C)CC[C@H]1O. The van der Waals surface area contributed by atoms with Gasteiger partial charge < -0.3 is 63.8 Å². The van der Waals surface area contributed by atoms with Gasteiger partial charge in [-0.05, 0) is 71.6 Å². The number of benzene rings is 2. The quantitative estimate of drug-likeness (QED) is 0.161. The van der Waals surface area contributed by atoms with Gasteiger partial charge in [0.1, 0.15) is 17.6 Å². The molecule has 4 heterocycles. The highest BCUT2D eigenvalue weighted by atomic mass is 16.7. The number of carbonyl (C=O) groups excluding carboxylic acids is 2. The zero-order valence-corrected chi connectivity index (χ0v) is 33.9. The second-order valence-electron chi connectivity index (χ2n) is 17.0. The van der Waals surface area contributed by atoms with Crippen LogP contribution in [0.4, 0.5) is 0 Å². The van der Waals surface area contributed by atoms with E-state index in [1.807, 2.05) is 6.92 Å². The van der Waals surface area contributed by atoms with Crippen LogP contribution in [0, 0.1) is 0 Å². The van der Waals surface area contributed by atoms with Crippen molar-refractivity contribution in [3.05, 3.63) is 57.6 Å². The fraction of sp³-hybridized carbons (Fsp3) is 0.651. The van der Waals surface area contributed by atoms with Crippen molar-refractivity contribution < 1.29 is 78.2 Å². The van der Waals surface area contributed by atoms with E-state index >= 15 is 0 Å². The first-order chi connectivity index (χ1) is 27.9. The highest BCUT2D eigenvalue weighted by molar-refractivity contribution is 6.30. The van der Waals surface area contributed by atoms with Crippen molar-refractivity contribution in [1.82, 2.24) is 0 Å². The van der Waals surface area contributed by atoms with Crippen LogP contribution in [-0.2, 0) is 44.4 Å². The normalized spacial score (nSPS) is 36.0. The summed E-state index contributed by atoms with van der Waals surface area (Å²) in [6.07, 6.45) is -5.62. The van der Waals surface area contributed by atoms with Crippen LogP contribution in [0.25, 0.3) is 0 Å². The Balaban J connectivity index is 1.04. The van der Waals surface area contributed by atoms with Gasteiger partial charge in [0.2, 0.25) is 0 Å². The maximum atomic E-state index is 14.0. The van der Waals surface area contributed by atoms with Gasteiger partial charge in [-0.25, -0.2) is 0 Å². The molecule has 2 aromatic carbocycles. The number of hydrogen-bond donors (Lipinski definition) is 6. The number of ketones is 2. The standard InChI is InChI=1S/C43H56O16/c1-19-27(44)10-13-33(54-19)57-30-12-15-35(56-21(30)3)59-43(5,18-32(47)48)17-23-6-7-25-36(38(23)49)40(51)26-9-8-24(39(50)37(26)41(25)52)31-16-29(46)42(22(4)53-31)58-34-14-11-28(45)20(2)55-34/h6-9,19-22,27-31,33-35,42,44-46,49-50H,10-18H2,1-5H3,(H,47,48)/t19-,20-,21-,22+,27+,28+,29+,30-,31+,33-,34-,35-,42-,43+/m0/s1. The Morgan fingerprint density at radius 1 is 0.695 bits per heavy atom. The molecule has 0 unspecified atom stereocenters. The number of carboxylic acids is 1. The molecule has 6 N–H and O–H groups in total. The molecule has 0 spiro atoms. The fourth-order valence-electron chi connectivity index (χ4n) is 9.04. The van der Waals surface area contributed by atoms with Gasteiger partial charge in [0.25, 0.3) is 0 Å². The minimum Gasteiger partial charge on any atom is -0.507 e. The van der Waals surface area contributed by atoms with Gasteiger partial charge in [0.15, 0.2) is 30.4 Å². The average molecular weight is 829 g/mol. The van der Waals surface area contributed by atoms with Gasteiger partial charge in [0, 0.05) is 48.8 Å². The van der Waals surface area contributed by atoms with E-state index in [0.29, 0.717) is 38.5 Å². The van der Waals surface area contributed by atoms with E-state index in [1.54, 1.807) is 27.7 Å². The highest BCUT2D eigenvalue weighted by Gasteiger charge is 2.44.